The van der Waals surface area contributed by atoms with Gasteiger partial charge in [0, 0.05) is 0 Å². The third-order valence-corrected chi connectivity index (χ3v) is 4.71. The molecule has 158 valence electrons. The monoisotopic (exact) mass is 410 g/mol. The number of rotatable bonds is 10. The van der Waals surface area contributed by atoms with Crippen molar-refractivity contribution in [2.24, 2.45) is 0 Å². The molecule has 0 unspecified atom stereocenters. The van der Waals surface area contributed by atoms with Crippen LogP contribution in [0.4, 0.5) is 0 Å². The van der Waals surface area contributed by atoms with Crippen LogP contribution in [0.1, 0.15) is 18.4 Å². The van der Waals surface area contributed by atoms with E-state index in [0.29, 0.717) is 11.5 Å². The SMILES string of the molecule is COc1ccc2cc([C@H](C)C(=O)OCCOc3ccc(OCCO)cc3)ccc2c1. The van der Waals surface area contributed by atoms with Gasteiger partial charge in [-0.3, -0.25) is 4.79 Å². The lowest BCUT2D eigenvalue weighted by molar-refractivity contribution is -0.145. The molecule has 0 saturated heterocycles. The Morgan fingerprint density at radius 2 is 1.43 bits per heavy atom. The number of carbonyl (C=O) groups is 1. The highest BCUT2D eigenvalue weighted by Gasteiger charge is 2.17. The zero-order valence-electron chi connectivity index (χ0n) is 17.2. The van der Waals surface area contributed by atoms with Crippen LogP contribution in [0.25, 0.3) is 10.8 Å². The van der Waals surface area contributed by atoms with Crippen molar-refractivity contribution in [1.82, 2.24) is 0 Å². The van der Waals surface area contributed by atoms with Crippen LogP contribution in [0.5, 0.6) is 17.2 Å². The fourth-order valence-electron chi connectivity index (χ4n) is 3.00. The summed E-state index contributed by atoms with van der Waals surface area (Å²) in [6.45, 7) is 2.47. The number of hydrogen-bond acceptors (Lipinski definition) is 6. The third-order valence-electron chi connectivity index (χ3n) is 4.71. The van der Waals surface area contributed by atoms with E-state index in [4.69, 9.17) is 24.1 Å². The van der Waals surface area contributed by atoms with E-state index in [1.54, 1.807) is 31.4 Å². The van der Waals surface area contributed by atoms with Gasteiger partial charge in [-0.25, -0.2) is 0 Å². The van der Waals surface area contributed by atoms with Crippen molar-refractivity contribution in [3.63, 3.8) is 0 Å². The normalized spacial score (nSPS) is 11.7. The highest BCUT2D eigenvalue weighted by molar-refractivity contribution is 5.86. The summed E-state index contributed by atoms with van der Waals surface area (Å²) in [7, 11) is 1.64. The predicted molar refractivity (Wildman–Crippen MR) is 114 cm³/mol. The molecule has 1 N–H and O–H groups in total. The number of ether oxygens (including phenoxy) is 4. The van der Waals surface area contributed by atoms with Crippen molar-refractivity contribution in [1.29, 1.82) is 0 Å². The maximum atomic E-state index is 12.4. The van der Waals surface area contributed by atoms with Gasteiger partial charge in [0.1, 0.15) is 37.1 Å². The first kappa shape index (κ1) is 21.5. The number of carbonyl (C=O) groups excluding carboxylic acids is 1. The Balaban J connectivity index is 1.48. The molecule has 0 fully saturated rings. The molecule has 3 aromatic rings. The molecule has 0 aliphatic heterocycles. The summed E-state index contributed by atoms with van der Waals surface area (Å²) in [4.78, 5) is 12.4. The van der Waals surface area contributed by atoms with Crippen LogP contribution in [0.3, 0.4) is 0 Å². The minimum atomic E-state index is -0.376. The minimum Gasteiger partial charge on any atom is -0.497 e. The van der Waals surface area contributed by atoms with E-state index in [1.165, 1.54) is 0 Å². The number of hydrogen-bond donors (Lipinski definition) is 1. The topological polar surface area (TPSA) is 74.2 Å². The van der Waals surface area contributed by atoms with Crippen molar-refractivity contribution >= 4 is 16.7 Å². The van der Waals surface area contributed by atoms with Gasteiger partial charge in [-0.05, 0) is 59.7 Å². The van der Waals surface area contributed by atoms with Gasteiger partial charge in [0.15, 0.2) is 0 Å². The van der Waals surface area contributed by atoms with E-state index in [0.717, 1.165) is 22.1 Å². The van der Waals surface area contributed by atoms with Gasteiger partial charge in [0.2, 0.25) is 0 Å². The minimum absolute atomic E-state index is 0.0318. The van der Waals surface area contributed by atoms with Crippen LogP contribution in [-0.2, 0) is 9.53 Å². The largest absolute Gasteiger partial charge is 0.497 e. The predicted octanol–water partition coefficient (Wildman–Crippen LogP) is 3.95. The van der Waals surface area contributed by atoms with Gasteiger partial charge in [-0.1, -0.05) is 24.3 Å². The third kappa shape index (κ3) is 5.64. The summed E-state index contributed by atoms with van der Waals surface area (Å²) in [6, 6.07) is 18.8. The molecule has 0 aliphatic rings. The molecule has 3 rings (SSSR count). The maximum Gasteiger partial charge on any atom is 0.313 e. The first-order chi connectivity index (χ1) is 14.6. The van der Waals surface area contributed by atoms with Gasteiger partial charge in [-0.2, -0.15) is 0 Å². The van der Waals surface area contributed by atoms with Crippen LogP contribution < -0.4 is 14.2 Å². The molecule has 6 heteroatoms. The zero-order chi connectivity index (χ0) is 21.3. The molecule has 0 heterocycles. The quantitative estimate of drug-likeness (QED) is 0.403. The van der Waals surface area contributed by atoms with Crippen molar-refractivity contribution in [3.8, 4) is 17.2 Å². The number of aliphatic hydroxyl groups excluding tert-OH is 1. The molecule has 30 heavy (non-hydrogen) atoms. The molecule has 3 aromatic carbocycles. The fraction of sp³-hybridized carbons (Fsp3) is 0.292. The van der Waals surface area contributed by atoms with Crippen LogP contribution in [-0.4, -0.2) is 44.6 Å². The molecule has 6 nitrogen and oxygen atoms in total. The van der Waals surface area contributed by atoms with Crippen LogP contribution in [0, 0.1) is 0 Å². The summed E-state index contributed by atoms with van der Waals surface area (Å²) < 4.78 is 21.5. The van der Waals surface area contributed by atoms with Crippen molar-refractivity contribution in [2.45, 2.75) is 12.8 Å². The van der Waals surface area contributed by atoms with Gasteiger partial charge in [-0.15, -0.1) is 0 Å². The lowest BCUT2D eigenvalue weighted by Gasteiger charge is -2.13. The van der Waals surface area contributed by atoms with Crippen molar-refractivity contribution < 1.29 is 28.8 Å². The second kappa shape index (κ2) is 10.5. The van der Waals surface area contributed by atoms with E-state index in [2.05, 4.69) is 0 Å². The number of benzene rings is 3. The van der Waals surface area contributed by atoms with Crippen LogP contribution in [0.15, 0.2) is 60.7 Å². The van der Waals surface area contributed by atoms with Crippen LogP contribution in [0.2, 0.25) is 0 Å². The summed E-state index contributed by atoms with van der Waals surface area (Å²) >= 11 is 0. The molecular weight excluding hydrogens is 384 g/mol. The molecule has 1 atom stereocenters. The van der Waals surface area contributed by atoms with E-state index >= 15 is 0 Å². The maximum absolute atomic E-state index is 12.4. The van der Waals surface area contributed by atoms with E-state index in [9.17, 15) is 4.79 Å². The number of fused-ring (bicyclic) bond motifs is 1. The summed E-state index contributed by atoms with van der Waals surface area (Å²) in [5, 5.41) is 10.9. The van der Waals surface area contributed by atoms with Crippen molar-refractivity contribution in [2.75, 3.05) is 33.5 Å². The smallest absolute Gasteiger partial charge is 0.313 e. The molecular formula is C24H26O6. The molecule has 0 aromatic heterocycles. The van der Waals surface area contributed by atoms with Gasteiger partial charge >= 0.3 is 5.97 Å². The molecule has 0 spiro atoms. The molecule has 0 amide bonds. The Bertz CT molecular complexity index is 967. The molecule has 0 bridgehead atoms. The summed E-state index contributed by atoms with van der Waals surface area (Å²) in [5.74, 6) is 1.44. The van der Waals surface area contributed by atoms with E-state index in [1.807, 2.05) is 43.3 Å². The molecule has 0 radical (unpaired) electrons. The fourth-order valence-corrected chi connectivity index (χ4v) is 3.00. The Kier molecular flexibility index (Phi) is 7.51. The Morgan fingerprint density at radius 1 is 0.833 bits per heavy atom. The number of aliphatic hydroxyl groups is 1. The lowest BCUT2D eigenvalue weighted by Crippen LogP contribution is -2.17. The molecule has 0 saturated carbocycles. The lowest BCUT2D eigenvalue weighted by atomic mass is 9.98. The van der Waals surface area contributed by atoms with Crippen LogP contribution >= 0.6 is 0 Å². The first-order valence-electron chi connectivity index (χ1n) is 9.81. The molecule has 0 aliphatic carbocycles. The average Bonchev–Trinajstić information content (AvgIpc) is 2.79. The average molecular weight is 410 g/mol. The van der Waals surface area contributed by atoms with E-state index in [-0.39, 0.29) is 38.3 Å². The van der Waals surface area contributed by atoms with Gasteiger partial charge < -0.3 is 24.1 Å². The van der Waals surface area contributed by atoms with Gasteiger partial charge in [0.05, 0.1) is 19.6 Å². The standard InChI is InChI=1S/C24H26O6/c1-17(18-3-4-20-16-23(27-2)6-5-19(20)15-18)24(26)30-14-13-29-22-9-7-21(8-10-22)28-12-11-25/h3-10,15-17,25H,11-14H2,1-2H3/t17-/m0/s1. The Hall–Kier alpha value is -3.25. The second-order valence-corrected chi connectivity index (χ2v) is 6.75. The Morgan fingerprint density at radius 3 is 2.10 bits per heavy atom. The van der Waals surface area contributed by atoms with E-state index < -0.39 is 0 Å². The van der Waals surface area contributed by atoms with Gasteiger partial charge in [0.25, 0.3) is 0 Å². The van der Waals surface area contributed by atoms with Crippen molar-refractivity contribution in [3.05, 3.63) is 66.2 Å². The number of esters is 1. The Labute approximate surface area is 175 Å². The zero-order valence-corrected chi connectivity index (χ0v) is 17.2. The number of methoxy groups -OCH3 is 1. The first-order valence-corrected chi connectivity index (χ1v) is 9.81. The highest BCUT2D eigenvalue weighted by atomic mass is 16.6. The second-order valence-electron chi connectivity index (χ2n) is 6.75. The summed E-state index contributed by atoms with van der Waals surface area (Å²) in [6.07, 6.45) is 0. The highest BCUT2D eigenvalue weighted by Crippen LogP contribution is 2.26. The summed E-state index contributed by atoms with van der Waals surface area (Å²) in [5.41, 5.74) is 0.900.